The summed E-state index contributed by atoms with van der Waals surface area (Å²) in [6, 6.07) is 7.02. The summed E-state index contributed by atoms with van der Waals surface area (Å²) in [7, 11) is 0. The Kier molecular flexibility index (Phi) is 5.02. The van der Waals surface area contributed by atoms with Crippen molar-refractivity contribution in [2.45, 2.75) is 13.5 Å². The molecular weight excluding hydrogens is 345 g/mol. The Bertz CT molecular complexity index is 828. The number of nitrogens with zero attached hydrogens (tertiary/aromatic N) is 2. The molecule has 0 radical (unpaired) electrons. The van der Waals surface area contributed by atoms with Crippen molar-refractivity contribution in [2.75, 3.05) is 5.32 Å². The molecule has 0 saturated carbocycles. The maximum atomic E-state index is 12.1. The SMILES string of the molecule is Cc1ccc([N+](=O)[O-])c(=O)n1CC(=O)Nc1cc(Cl)cc(Cl)c1. The van der Waals surface area contributed by atoms with Gasteiger partial charge in [0.2, 0.25) is 5.91 Å². The number of rotatable bonds is 4. The number of aryl methyl sites for hydroxylation is 1. The summed E-state index contributed by atoms with van der Waals surface area (Å²) in [5.41, 5.74) is -0.632. The highest BCUT2D eigenvalue weighted by atomic mass is 35.5. The van der Waals surface area contributed by atoms with Crippen molar-refractivity contribution >= 4 is 40.5 Å². The lowest BCUT2D eigenvalue weighted by Crippen LogP contribution is -2.30. The van der Waals surface area contributed by atoms with Crippen molar-refractivity contribution < 1.29 is 9.72 Å². The highest BCUT2D eigenvalue weighted by Gasteiger charge is 2.17. The molecule has 9 heteroatoms. The van der Waals surface area contributed by atoms with Crippen LogP contribution in [-0.4, -0.2) is 15.4 Å². The van der Waals surface area contributed by atoms with E-state index < -0.39 is 22.1 Å². The molecule has 1 heterocycles. The normalized spacial score (nSPS) is 10.4. The van der Waals surface area contributed by atoms with Crippen molar-refractivity contribution in [3.8, 4) is 0 Å². The summed E-state index contributed by atoms with van der Waals surface area (Å²) in [6.07, 6.45) is 0. The van der Waals surface area contributed by atoms with Gasteiger partial charge in [0.15, 0.2) is 0 Å². The minimum Gasteiger partial charge on any atom is -0.324 e. The van der Waals surface area contributed by atoms with Crippen LogP contribution in [0, 0.1) is 17.0 Å². The summed E-state index contributed by atoms with van der Waals surface area (Å²) in [6.45, 7) is 1.21. The van der Waals surface area contributed by atoms with Crippen LogP contribution in [0.2, 0.25) is 10.0 Å². The molecule has 1 amide bonds. The Balaban J connectivity index is 2.25. The standard InChI is InChI=1S/C14H11Cl2N3O4/c1-8-2-3-12(19(22)23)14(21)18(8)7-13(20)17-11-5-9(15)4-10(16)6-11/h2-6H,7H2,1H3,(H,17,20). The topological polar surface area (TPSA) is 94.2 Å². The number of halogens is 2. The van der Waals surface area contributed by atoms with Gasteiger partial charge in [-0.15, -0.1) is 0 Å². The van der Waals surface area contributed by atoms with E-state index in [1.54, 1.807) is 6.92 Å². The second-order valence-electron chi connectivity index (χ2n) is 4.71. The van der Waals surface area contributed by atoms with Crippen molar-refractivity contribution in [1.82, 2.24) is 4.57 Å². The first-order valence-electron chi connectivity index (χ1n) is 6.38. The van der Waals surface area contributed by atoms with Gasteiger partial charge in [0, 0.05) is 27.5 Å². The molecule has 23 heavy (non-hydrogen) atoms. The Morgan fingerprint density at radius 1 is 1.26 bits per heavy atom. The second-order valence-corrected chi connectivity index (χ2v) is 5.59. The molecule has 1 N–H and O–H groups in total. The highest BCUT2D eigenvalue weighted by molar-refractivity contribution is 6.35. The number of aromatic nitrogens is 1. The maximum absolute atomic E-state index is 12.1. The molecule has 0 fully saturated rings. The molecule has 0 unspecified atom stereocenters. The van der Waals surface area contributed by atoms with Gasteiger partial charge < -0.3 is 5.32 Å². The molecule has 0 aliphatic rings. The van der Waals surface area contributed by atoms with Crippen LogP contribution in [0.5, 0.6) is 0 Å². The zero-order chi connectivity index (χ0) is 17.1. The first kappa shape index (κ1) is 17.0. The van der Waals surface area contributed by atoms with Crippen LogP contribution in [0.25, 0.3) is 0 Å². The molecular formula is C14H11Cl2N3O4. The first-order valence-corrected chi connectivity index (χ1v) is 7.14. The van der Waals surface area contributed by atoms with E-state index in [-0.39, 0.29) is 6.54 Å². The number of benzene rings is 1. The molecule has 0 spiro atoms. The van der Waals surface area contributed by atoms with E-state index in [1.807, 2.05) is 0 Å². The lowest BCUT2D eigenvalue weighted by atomic mass is 10.3. The molecule has 0 aliphatic carbocycles. The van der Waals surface area contributed by atoms with Gasteiger partial charge in [-0.3, -0.25) is 24.3 Å². The van der Waals surface area contributed by atoms with E-state index in [4.69, 9.17) is 23.2 Å². The van der Waals surface area contributed by atoms with Gasteiger partial charge in [-0.25, -0.2) is 0 Å². The van der Waals surface area contributed by atoms with Gasteiger partial charge in [-0.1, -0.05) is 23.2 Å². The van der Waals surface area contributed by atoms with E-state index in [1.165, 1.54) is 24.3 Å². The minimum absolute atomic E-state index is 0.344. The summed E-state index contributed by atoms with van der Waals surface area (Å²) in [5.74, 6) is -0.533. The zero-order valence-electron chi connectivity index (χ0n) is 11.9. The van der Waals surface area contributed by atoms with Gasteiger partial charge in [0.1, 0.15) is 6.54 Å². The van der Waals surface area contributed by atoms with Crippen LogP contribution < -0.4 is 10.9 Å². The maximum Gasteiger partial charge on any atom is 0.334 e. The van der Waals surface area contributed by atoms with Crippen molar-refractivity contribution in [2.24, 2.45) is 0 Å². The van der Waals surface area contributed by atoms with Crippen molar-refractivity contribution in [1.29, 1.82) is 0 Å². The Hall–Kier alpha value is -2.38. The first-order chi connectivity index (χ1) is 10.8. The largest absolute Gasteiger partial charge is 0.334 e. The molecule has 7 nitrogen and oxygen atoms in total. The molecule has 120 valence electrons. The van der Waals surface area contributed by atoms with Crippen molar-refractivity contribution in [3.05, 3.63) is 66.5 Å². The van der Waals surface area contributed by atoms with Crippen LogP contribution in [0.15, 0.2) is 35.1 Å². The molecule has 2 rings (SSSR count). The number of nitrogens with one attached hydrogen (secondary N) is 1. The van der Waals surface area contributed by atoms with E-state index in [0.29, 0.717) is 21.4 Å². The molecule has 0 bridgehead atoms. The van der Waals surface area contributed by atoms with Gasteiger partial charge >= 0.3 is 11.2 Å². The third kappa shape index (κ3) is 4.08. The quantitative estimate of drug-likeness (QED) is 0.673. The number of amides is 1. The summed E-state index contributed by atoms with van der Waals surface area (Å²) < 4.78 is 1.03. The lowest BCUT2D eigenvalue weighted by Gasteiger charge is -2.10. The molecule has 0 saturated heterocycles. The fourth-order valence-corrected chi connectivity index (χ4v) is 2.49. The van der Waals surface area contributed by atoms with Gasteiger partial charge in [0.05, 0.1) is 4.92 Å². The number of anilines is 1. The molecule has 1 aromatic carbocycles. The van der Waals surface area contributed by atoms with E-state index in [0.717, 1.165) is 10.6 Å². The number of carbonyl (C=O) groups excluding carboxylic acids is 1. The number of nitro groups is 1. The molecule has 1 aromatic heterocycles. The van der Waals surface area contributed by atoms with Crippen LogP contribution in [-0.2, 0) is 11.3 Å². The average molecular weight is 356 g/mol. The van der Waals surface area contributed by atoms with Crippen LogP contribution >= 0.6 is 23.2 Å². The third-order valence-corrected chi connectivity index (χ3v) is 3.45. The van der Waals surface area contributed by atoms with Gasteiger partial charge in [0.25, 0.3) is 0 Å². The summed E-state index contributed by atoms with van der Waals surface area (Å²) >= 11 is 11.7. The Morgan fingerprint density at radius 3 is 2.43 bits per heavy atom. The monoisotopic (exact) mass is 355 g/mol. The number of hydrogen-bond donors (Lipinski definition) is 1. The van der Waals surface area contributed by atoms with Gasteiger partial charge in [-0.2, -0.15) is 0 Å². The molecule has 2 aromatic rings. The average Bonchev–Trinajstić information content (AvgIpc) is 2.41. The summed E-state index contributed by atoms with van der Waals surface area (Å²) in [4.78, 5) is 34.1. The Morgan fingerprint density at radius 2 is 1.87 bits per heavy atom. The predicted molar refractivity (Wildman–Crippen MR) is 87.2 cm³/mol. The molecule has 0 atom stereocenters. The number of pyridine rings is 1. The summed E-state index contributed by atoms with van der Waals surface area (Å²) in [5, 5.41) is 14.0. The lowest BCUT2D eigenvalue weighted by molar-refractivity contribution is -0.386. The number of hydrogen-bond acceptors (Lipinski definition) is 4. The molecule has 0 aliphatic heterocycles. The second kappa shape index (κ2) is 6.80. The van der Waals surface area contributed by atoms with Crippen LogP contribution in [0.4, 0.5) is 11.4 Å². The third-order valence-electron chi connectivity index (χ3n) is 3.02. The highest BCUT2D eigenvalue weighted by Crippen LogP contribution is 2.22. The van der Waals surface area contributed by atoms with E-state index >= 15 is 0 Å². The van der Waals surface area contributed by atoms with E-state index in [9.17, 15) is 19.7 Å². The van der Waals surface area contributed by atoms with Crippen molar-refractivity contribution in [3.63, 3.8) is 0 Å². The van der Waals surface area contributed by atoms with Crippen LogP contribution in [0.3, 0.4) is 0 Å². The Labute approximate surface area is 140 Å². The number of carbonyl (C=O) groups is 1. The fourth-order valence-electron chi connectivity index (χ4n) is 1.96. The zero-order valence-corrected chi connectivity index (χ0v) is 13.4. The fraction of sp³-hybridized carbons (Fsp3) is 0.143. The minimum atomic E-state index is -0.839. The smallest absolute Gasteiger partial charge is 0.324 e. The predicted octanol–water partition coefficient (Wildman–Crippen LogP) is 3.01. The van der Waals surface area contributed by atoms with E-state index in [2.05, 4.69) is 5.32 Å². The van der Waals surface area contributed by atoms with Crippen LogP contribution in [0.1, 0.15) is 5.69 Å². The van der Waals surface area contributed by atoms with Gasteiger partial charge in [-0.05, 0) is 31.2 Å².